The largest absolute Gasteiger partial charge is 0.378 e. The number of hydrogen-bond donors (Lipinski definition) is 2. The smallest absolute Gasteiger partial charge is 0.237 e. The molecular weight excluding hydrogens is 282 g/mol. The molecule has 1 aromatic rings. The number of carbonyl (C=O) groups excluding carboxylic acids is 1. The van der Waals surface area contributed by atoms with Gasteiger partial charge in [0.05, 0.1) is 26.4 Å². The van der Waals surface area contributed by atoms with Crippen LogP contribution in [0, 0.1) is 0 Å². The lowest BCUT2D eigenvalue weighted by Crippen LogP contribution is -2.54. The van der Waals surface area contributed by atoms with E-state index in [1.807, 2.05) is 18.2 Å². The van der Waals surface area contributed by atoms with E-state index < -0.39 is 0 Å². The maximum atomic E-state index is 11.3. The fourth-order valence-electron chi connectivity index (χ4n) is 2.42. The zero-order valence-electron chi connectivity index (χ0n) is 12.9. The van der Waals surface area contributed by atoms with E-state index in [1.54, 1.807) is 0 Å². The Kier molecular flexibility index (Phi) is 7.32. The Hall–Kier alpha value is -1.47. The lowest BCUT2D eigenvalue weighted by Gasteiger charge is -2.33. The van der Waals surface area contributed by atoms with Crippen molar-refractivity contribution in [3.8, 4) is 0 Å². The van der Waals surface area contributed by atoms with E-state index >= 15 is 0 Å². The van der Waals surface area contributed by atoms with E-state index in [0.29, 0.717) is 26.4 Å². The summed E-state index contributed by atoms with van der Waals surface area (Å²) in [6.45, 7) is 5.48. The first-order valence-electron chi connectivity index (χ1n) is 7.71. The molecule has 122 valence electrons. The number of rotatable bonds is 9. The van der Waals surface area contributed by atoms with Gasteiger partial charge in [-0.05, 0) is 5.56 Å². The van der Waals surface area contributed by atoms with Crippen molar-refractivity contribution in [1.82, 2.24) is 10.2 Å². The molecule has 1 aromatic carbocycles. The van der Waals surface area contributed by atoms with Gasteiger partial charge in [0, 0.05) is 26.2 Å². The third-order valence-electron chi connectivity index (χ3n) is 3.68. The Balaban J connectivity index is 1.52. The van der Waals surface area contributed by atoms with Gasteiger partial charge < -0.3 is 20.5 Å². The first kappa shape index (κ1) is 16.9. The first-order chi connectivity index (χ1) is 10.8. The van der Waals surface area contributed by atoms with E-state index in [1.165, 1.54) is 5.56 Å². The van der Waals surface area contributed by atoms with Crippen molar-refractivity contribution in [3.05, 3.63) is 35.9 Å². The highest BCUT2D eigenvalue weighted by atomic mass is 16.5. The van der Waals surface area contributed by atoms with Crippen molar-refractivity contribution < 1.29 is 14.3 Å². The maximum Gasteiger partial charge on any atom is 0.237 e. The second kappa shape index (κ2) is 9.53. The highest BCUT2D eigenvalue weighted by Crippen LogP contribution is 2.05. The van der Waals surface area contributed by atoms with Gasteiger partial charge in [0.15, 0.2) is 0 Å². The number of primary amides is 1. The van der Waals surface area contributed by atoms with Crippen molar-refractivity contribution in [2.75, 3.05) is 46.0 Å². The fraction of sp³-hybridized carbons (Fsp3) is 0.562. The molecule has 1 aliphatic rings. The molecule has 6 nitrogen and oxygen atoms in total. The molecule has 0 aromatic heterocycles. The van der Waals surface area contributed by atoms with E-state index in [-0.39, 0.29) is 11.9 Å². The van der Waals surface area contributed by atoms with Crippen LogP contribution in [0.4, 0.5) is 0 Å². The number of ether oxygens (including phenoxy) is 2. The summed E-state index contributed by atoms with van der Waals surface area (Å²) < 4.78 is 10.9. The number of nitrogens with one attached hydrogen (secondary N) is 1. The molecular formula is C16H25N3O3. The summed E-state index contributed by atoms with van der Waals surface area (Å²) in [5.41, 5.74) is 6.56. The van der Waals surface area contributed by atoms with Gasteiger partial charge in [0.2, 0.25) is 5.91 Å². The van der Waals surface area contributed by atoms with Crippen LogP contribution >= 0.6 is 0 Å². The Labute approximate surface area is 131 Å². The third kappa shape index (κ3) is 5.73. The Bertz CT molecular complexity index is 442. The number of benzene rings is 1. The number of hydrogen-bond acceptors (Lipinski definition) is 5. The summed E-state index contributed by atoms with van der Waals surface area (Å²) in [4.78, 5) is 13.4. The van der Waals surface area contributed by atoms with Crippen LogP contribution < -0.4 is 11.1 Å². The molecule has 6 heteroatoms. The van der Waals surface area contributed by atoms with Gasteiger partial charge in [-0.2, -0.15) is 0 Å². The minimum Gasteiger partial charge on any atom is -0.378 e. The highest BCUT2D eigenvalue weighted by Gasteiger charge is 2.26. The molecule has 22 heavy (non-hydrogen) atoms. The molecule has 0 spiro atoms. The Morgan fingerprint density at radius 1 is 1.36 bits per heavy atom. The molecule has 0 aliphatic carbocycles. The van der Waals surface area contributed by atoms with Crippen LogP contribution in [0.1, 0.15) is 5.56 Å². The lowest BCUT2D eigenvalue weighted by atomic mass is 10.2. The minimum atomic E-state index is -0.314. The van der Waals surface area contributed by atoms with Crippen LogP contribution in [-0.4, -0.2) is 62.8 Å². The predicted octanol–water partition coefficient (Wildman–Crippen LogP) is -0.0211. The van der Waals surface area contributed by atoms with Gasteiger partial charge in [-0.1, -0.05) is 30.3 Å². The highest BCUT2D eigenvalue weighted by molar-refractivity contribution is 5.80. The summed E-state index contributed by atoms with van der Waals surface area (Å²) in [5, 5.41) is 3.32. The standard InChI is InChI=1S/C16H25N3O3/c17-16(20)15-13-22-11-9-19(15)8-6-18-7-10-21-12-14-4-2-1-3-5-14/h1-5,15,18H,6-13H2,(H2,17,20). The molecule has 1 unspecified atom stereocenters. The van der Waals surface area contributed by atoms with Crippen LogP contribution in [0.2, 0.25) is 0 Å². The molecule has 0 radical (unpaired) electrons. The molecule has 1 atom stereocenters. The number of carbonyl (C=O) groups is 1. The maximum absolute atomic E-state index is 11.3. The SMILES string of the molecule is NC(=O)C1COCCN1CCNCCOCc1ccccc1. The third-order valence-corrected chi connectivity index (χ3v) is 3.68. The second-order valence-corrected chi connectivity index (χ2v) is 5.32. The topological polar surface area (TPSA) is 76.8 Å². The predicted molar refractivity (Wildman–Crippen MR) is 84.3 cm³/mol. The quantitative estimate of drug-likeness (QED) is 0.627. The van der Waals surface area contributed by atoms with Crippen molar-refractivity contribution in [2.24, 2.45) is 5.73 Å². The van der Waals surface area contributed by atoms with Crippen molar-refractivity contribution in [1.29, 1.82) is 0 Å². The summed E-state index contributed by atoms with van der Waals surface area (Å²) >= 11 is 0. The van der Waals surface area contributed by atoms with Crippen LogP contribution in [0.25, 0.3) is 0 Å². The van der Waals surface area contributed by atoms with Gasteiger partial charge in [-0.15, -0.1) is 0 Å². The number of morpholine rings is 1. The summed E-state index contributed by atoms with van der Waals surface area (Å²) in [7, 11) is 0. The van der Waals surface area contributed by atoms with Crippen molar-refractivity contribution >= 4 is 5.91 Å². The number of amides is 1. The molecule has 1 saturated heterocycles. The molecule has 0 bridgehead atoms. The van der Waals surface area contributed by atoms with Crippen molar-refractivity contribution in [3.63, 3.8) is 0 Å². The molecule has 1 amide bonds. The molecule has 3 N–H and O–H groups in total. The normalized spacial score (nSPS) is 19.2. The average molecular weight is 307 g/mol. The van der Waals surface area contributed by atoms with Gasteiger partial charge in [-0.25, -0.2) is 0 Å². The average Bonchev–Trinajstić information content (AvgIpc) is 2.55. The first-order valence-corrected chi connectivity index (χ1v) is 7.71. The van der Waals surface area contributed by atoms with Gasteiger partial charge in [0.25, 0.3) is 0 Å². The van der Waals surface area contributed by atoms with E-state index in [2.05, 4.69) is 22.3 Å². The molecule has 1 aliphatic heterocycles. The number of nitrogens with two attached hydrogens (primary N) is 1. The molecule has 0 saturated carbocycles. The Morgan fingerprint density at radius 2 is 2.18 bits per heavy atom. The zero-order valence-corrected chi connectivity index (χ0v) is 12.9. The molecule has 1 heterocycles. The van der Waals surface area contributed by atoms with Gasteiger partial charge in [0.1, 0.15) is 6.04 Å². The lowest BCUT2D eigenvalue weighted by molar-refractivity contribution is -0.129. The van der Waals surface area contributed by atoms with E-state index in [4.69, 9.17) is 15.2 Å². The Morgan fingerprint density at radius 3 is 2.95 bits per heavy atom. The second-order valence-electron chi connectivity index (χ2n) is 5.32. The molecule has 1 fully saturated rings. The van der Waals surface area contributed by atoms with Gasteiger partial charge >= 0.3 is 0 Å². The van der Waals surface area contributed by atoms with E-state index in [9.17, 15) is 4.79 Å². The van der Waals surface area contributed by atoms with Gasteiger partial charge in [-0.3, -0.25) is 9.69 Å². The minimum absolute atomic E-state index is 0.301. The van der Waals surface area contributed by atoms with E-state index in [0.717, 1.165) is 26.2 Å². The van der Waals surface area contributed by atoms with Crippen LogP contribution in [0.5, 0.6) is 0 Å². The summed E-state index contributed by atoms with van der Waals surface area (Å²) in [5.74, 6) is -0.314. The number of nitrogens with zero attached hydrogens (tertiary/aromatic N) is 1. The van der Waals surface area contributed by atoms with Crippen LogP contribution in [0.3, 0.4) is 0 Å². The zero-order chi connectivity index (χ0) is 15.6. The summed E-state index contributed by atoms with van der Waals surface area (Å²) in [6, 6.07) is 9.81. The fourth-order valence-corrected chi connectivity index (χ4v) is 2.42. The van der Waals surface area contributed by atoms with Crippen LogP contribution in [0.15, 0.2) is 30.3 Å². The molecule has 2 rings (SSSR count). The monoisotopic (exact) mass is 307 g/mol. The van der Waals surface area contributed by atoms with Crippen LogP contribution in [-0.2, 0) is 20.9 Å². The van der Waals surface area contributed by atoms with Crippen molar-refractivity contribution in [2.45, 2.75) is 12.6 Å². The summed E-state index contributed by atoms with van der Waals surface area (Å²) in [6.07, 6.45) is 0.